The fourth-order valence-electron chi connectivity index (χ4n) is 4.83. The van der Waals surface area contributed by atoms with Crippen molar-refractivity contribution >= 4 is 24.2 Å². The molecule has 4 rings (SSSR count). The van der Waals surface area contributed by atoms with Crippen LogP contribution in [0.15, 0.2) is 24.3 Å². The molecule has 3 atom stereocenters. The number of fused-ring (bicyclic) bond motifs is 3. The number of carbonyl (C=O) groups is 2. The molecule has 1 aromatic carbocycles. The summed E-state index contributed by atoms with van der Waals surface area (Å²) in [5.74, 6) is 0.534. The van der Waals surface area contributed by atoms with E-state index in [0.717, 1.165) is 25.9 Å². The Bertz CT molecular complexity index is 723. The molecule has 0 saturated carbocycles. The van der Waals surface area contributed by atoms with E-state index in [0.29, 0.717) is 37.4 Å². The first kappa shape index (κ1) is 21.1. The number of hydrogen-bond acceptors (Lipinski definition) is 3. The lowest BCUT2D eigenvalue weighted by Gasteiger charge is -2.39. The summed E-state index contributed by atoms with van der Waals surface area (Å²) in [5, 5.41) is 3.64. The van der Waals surface area contributed by atoms with Gasteiger partial charge in [0.15, 0.2) is 0 Å². The molecule has 0 aliphatic carbocycles. The van der Waals surface area contributed by atoms with E-state index in [9.17, 15) is 9.59 Å². The van der Waals surface area contributed by atoms with Crippen molar-refractivity contribution in [2.75, 3.05) is 13.1 Å². The van der Waals surface area contributed by atoms with E-state index in [1.54, 1.807) is 0 Å². The normalized spacial score (nSPS) is 26.5. The standard InChI is InChI=1S/C22H31N3O2.ClH/c1-15(2)11-21(26)25-13-17-6-4-3-5-16(17)12-20(25)22(27)24-10-9-18-7-8-19(14-24)23-18;/h3-6,15,18-20,23H,7-14H2,1-2H3;1H. The van der Waals surface area contributed by atoms with E-state index < -0.39 is 0 Å². The van der Waals surface area contributed by atoms with Gasteiger partial charge in [0.1, 0.15) is 6.04 Å². The molecule has 2 bridgehead atoms. The van der Waals surface area contributed by atoms with Crippen LogP contribution in [0.1, 0.15) is 50.7 Å². The van der Waals surface area contributed by atoms with Crippen molar-refractivity contribution in [3.63, 3.8) is 0 Å². The average Bonchev–Trinajstić information content (AvgIpc) is 2.98. The number of amides is 2. The molecule has 1 N–H and O–H groups in total. The van der Waals surface area contributed by atoms with E-state index in [1.165, 1.54) is 17.5 Å². The van der Waals surface area contributed by atoms with Crippen molar-refractivity contribution in [1.29, 1.82) is 0 Å². The third-order valence-corrected chi connectivity index (χ3v) is 6.27. The Morgan fingerprint density at radius 1 is 1.11 bits per heavy atom. The van der Waals surface area contributed by atoms with Gasteiger partial charge in [0.2, 0.25) is 11.8 Å². The Labute approximate surface area is 174 Å². The monoisotopic (exact) mass is 405 g/mol. The molecule has 154 valence electrons. The second kappa shape index (κ2) is 8.83. The highest BCUT2D eigenvalue weighted by molar-refractivity contribution is 5.88. The lowest BCUT2D eigenvalue weighted by molar-refractivity contribution is -0.147. The average molecular weight is 406 g/mol. The highest BCUT2D eigenvalue weighted by Crippen LogP contribution is 2.27. The van der Waals surface area contributed by atoms with Gasteiger partial charge in [-0.2, -0.15) is 0 Å². The summed E-state index contributed by atoms with van der Waals surface area (Å²) >= 11 is 0. The summed E-state index contributed by atoms with van der Waals surface area (Å²) in [7, 11) is 0. The Morgan fingerprint density at radius 3 is 2.57 bits per heavy atom. The number of carbonyl (C=O) groups excluding carboxylic acids is 2. The van der Waals surface area contributed by atoms with Gasteiger partial charge in [-0.1, -0.05) is 38.1 Å². The number of likely N-dealkylation sites (tertiary alicyclic amines) is 1. The van der Waals surface area contributed by atoms with Crippen LogP contribution < -0.4 is 5.32 Å². The van der Waals surface area contributed by atoms with E-state index >= 15 is 0 Å². The molecule has 5 nitrogen and oxygen atoms in total. The highest BCUT2D eigenvalue weighted by Gasteiger charge is 2.39. The van der Waals surface area contributed by atoms with Crippen molar-refractivity contribution < 1.29 is 9.59 Å². The first-order valence-corrected chi connectivity index (χ1v) is 10.4. The lowest BCUT2D eigenvalue weighted by Crippen LogP contribution is -2.55. The summed E-state index contributed by atoms with van der Waals surface area (Å²) in [6.07, 6.45) is 4.53. The Hall–Kier alpha value is -1.59. The zero-order valence-electron chi connectivity index (χ0n) is 16.9. The topological polar surface area (TPSA) is 52.7 Å². The molecule has 0 spiro atoms. The quantitative estimate of drug-likeness (QED) is 0.841. The van der Waals surface area contributed by atoms with E-state index in [2.05, 4.69) is 31.3 Å². The fourth-order valence-corrected chi connectivity index (χ4v) is 4.83. The molecule has 28 heavy (non-hydrogen) atoms. The minimum Gasteiger partial charge on any atom is -0.339 e. The van der Waals surface area contributed by atoms with Gasteiger partial charge in [0.25, 0.3) is 0 Å². The Morgan fingerprint density at radius 2 is 1.82 bits per heavy atom. The SMILES string of the molecule is CC(C)CC(=O)N1Cc2ccccc2CC1C(=O)N1CCC2CCC(C1)N2.Cl. The van der Waals surface area contributed by atoms with Gasteiger partial charge in [-0.25, -0.2) is 0 Å². The van der Waals surface area contributed by atoms with Crippen LogP contribution >= 0.6 is 12.4 Å². The molecule has 3 heterocycles. The molecule has 6 heteroatoms. The third kappa shape index (κ3) is 4.36. The molecule has 3 aliphatic heterocycles. The first-order chi connectivity index (χ1) is 13.0. The van der Waals surface area contributed by atoms with Crippen molar-refractivity contribution in [3.05, 3.63) is 35.4 Å². The van der Waals surface area contributed by atoms with Crippen LogP contribution in [0.2, 0.25) is 0 Å². The first-order valence-electron chi connectivity index (χ1n) is 10.4. The molecule has 2 saturated heterocycles. The van der Waals surface area contributed by atoms with Crippen molar-refractivity contribution in [3.8, 4) is 0 Å². The van der Waals surface area contributed by atoms with Crippen molar-refractivity contribution in [2.24, 2.45) is 5.92 Å². The summed E-state index contributed by atoms with van der Waals surface area (Å²) in [6.45, 7) is 6.25. The maximum absolute atomic E-state index is 13.5. The van der Waals surface area contributed by atoms with Crippen molar-refractivity contribution in [2.45, 2.75) is 70.6 Å². The minimum atomic E-state index is -0.359. The zero-order chi connectivity index (χ0) is 19.0. The smallest absolute Gasteiger partial charge is 0.245 e. The maximum atomic E-state index is 13.5. The fraction of sp³-hybridized carbons (Fsp3) is 0.636. The Kier molecular flexibility index (Phi) is 6.66. The molecule has 0 aromatic heterocycles. The van der Waals surface area contributed by atoms with E-state index in [1.807, 2.05) is 21.9 Å². The molecular formula is C22H32ClN3O2. The predicted octanol–water partition coefficient (Wildman–Crippen LogP) is 2.76. The van der Waals surface area contributed by atoms with Crippen LogP contribution in [-0.4, -0.2) is 52.8 Å². The van der Waals surface area contributed by atoms with Crippen LogP contribution in [-0.2, 0) is 22.6 Å². The van der Waals surface area contributed by atoms with Gasteiger partial charge in [0, 0.05) is 44.6 Å². The Balaban J connectivity index is 0.00000225. The van der Waals surface area contributed by atoms with Crippen LogP contribution in [0.3, 0.4) is 0 Å². The van der Waals surface area contributed by atoms with Crippen molar-refractivity contribution in [1.82, 2.24) is 15.1 Å². The van der Waals surface area contributed by atoms with E-state index in [-0.39, 0.29) is 30.3 Å². The second-order valence-electron chi connectivity index (χ2n) is 8.82. The number of benzene rings is 1. The molecule has 0 radical (unpaired) electrons. The molecular weight excluding hydrogens is 374 g/mol. The second-order valence-corrected chi connectivity index (χ2v) is 8.82. The number of nitrogens with one attached hydrogen (secondary N) is 1. The predicted molar refractivity (Wildman–Crippen MR) is 112 cm³/mol. The molecule has 1 aromatic rings. The number of hydrogen-bond donors (Lipinski definition) is 1. The van der Waals surface area contributed by atoms with Gasteiger partial charge in [0.05, 0.1) is 0 Å². The number of rotatable bonds is 3. The summed E-state index contributed by atoms with van der Waals surface area (Å²) in [6, 6.07) is 8.84. The minimum absolute atomic E-state index is 0. The van der Waals surface area contributed by atoms with Gasteiger partial charge in [-0.15, -0.1) is 12.4 Å². The molecule has 2 fully saturated rings. The summed E-state index contributed by atoms with van der Waals surface area (Å²) in [5.41, 5.74) is 2.38. The van der Waals surface area contributed by atoms with Crippen LogP contribution in [0.25, 0.3) is 0 Å². The largest absolute Gasteiger partial charge is 0.339 e. The molecule has 3 unspecified atom stereocenters. The summed E-state index contributed by atoms with van der Waals surface area (Å²) in [4.78, 5) is 30.3. The highest BCUT2D eigenvalue weighted by atomic mass is 35.5. The van der Waals surface area contributed by atoms with Gasteiger partial charge in [-0.05, 0) is 36.3 Å². The van der Waals surface area contributed by atoms with Gasteiger partial charge < -0.3 is 15.1 Å². The molecule has 2 amide bonds. The van der Waals surface area contributed by atoms with Gasteiger partial charge >= 0.3 is 0 Å². The van der Waals surface area contributed by atoms with Crippen LogP contribution in [0, 0.1) is 5.92 Å². The molecule has 3 aliphatic rings. The lowest BCUT2D eigenvalue weighted by atomic mass is 9.92. The van der Waals surface area contributed by atoms with Crippen LogP contribution in [0.5, 0.6) is 0 Å². The number of nitrogens with zero attached hydrogens (tertiary/aromatic N) is 2. The summed E-state index contributed by atoms with van der Waals surface area (Å²) < 4.78 is 0. The van der Waals surface area contributed by atoms with Crippen LogP contribution in [0.4, 0.5) is 0 Å². The zero-order valence-corrected chi connectivity index (χ0v) is 17.7. The third-order valence-electron chi connectivity index (χ3n) is 6.27. The maximum Gasteiger partial charge on any atom is 0.245 e. The van der Waals surface area contributed by atoms with E-state index in [4.69, 9.17) is 0 Å². The number of halogens is 1. The van der Waals surface area contributed by atoms with Gasteiger partial charge in [-0.3, -0.25) is 9.59 Å².